The van der Waals surface area contributed by atoms with Crippen LogP contribution in [-0.2, 0) is 16.0 Å². The highest BCUT2D eigenvalue weighted by atomic mass is 16.5. The van der Waals surface area contributed by atoms with Gasteiger partial charge in [-0.25, -0.2) is 0 Å². The number of nitrogens with one attached hydrogen (secondary N) is 1. The number of ether oxygens (including phenoxy) is 1. The third-order valence-corrected chi connectivity index (χ3v) is 4.53. The van der Waals surface area contributed by atoms with Gasteiger partial charge >= 0.3 is 0 Å². The Morgan fingerprint density at radius 1 is 1.04 bits per heavy atom. The highest BCUT2D eigenvalue weighted by molar-refractivity contribution is 5.94. The van der Waals surface area contributed by atoms with Gasteiger partial charge in [0.15, 0.2) is 0 Å². The largest absolute Gasteiger partial charge is 0.497 e. The van der Waals surface area contributed by atoms with Crippen molar-refractivity contribution in [2.24, 2.45) is 0 Å². The zero-order valence-electron chi connectivity index (χ0n) is 16.9. The molecule has 6 nitrogen and oxygen atoms in total. The average Bonchev–Trinajstić information content (AvgIpc) is 2.71. The van der Waals surface area contributed by atoms with Gasteiger partial charge in [-0.2, -0.15) is 0 Å². The number of likely N-dealkylation sites (N-methyl/N-ethyl adjacent to an activating group) is 2. The van der Waals surface area contributed by atoms with Crippen molar-refractivity contribution in [3.05, 3.63) is 60.2 Å². The summed E-state index contributed by atoms with van der Waals surface area (Å²) < 4.78 is 5.15. The summed E-state index contributed by atoms with van der Waals surface area (Å²) in [5, 5.41) is 2.79. The Labute approximate surface area is 167 Å². The van der Waals surface area contributed by atoms with Crippen LogP contribution in [0.1, 0.15) is 12.5 Å². The van der Waals surface area contributed by atoms with E-state index < -0.39 is 0 Å². The SMILES string of the molecule is CCN(CCc1ccccc1)CC(=O)N(C)CC(=O)Nc1cccc(OC)c1. The van der Waals surface area contributed by atoms with E-state index in [-0.39, 0.29) is 18.4 Å². The third kappa shape index (κ3) is 7.04. The van der Waals surface area contributed by atoms with Crippen molar-refractivity contribution in [2.45, 2.75) is 13.3 Å². The number of rotatable bonds is 10. The maximum absolute atomic E-state index is 12.5. The van der Waals surface area contributed by atoms with Crippen molar-refractivity contribution in [1.82, 2.24) is 9.80 Å². The van der Waals surface area contributed by atoms with Gasteiger partial charge in [0.05, 0.1) is 20.2 Å². The molecule has 6 heteroatoms. The van der Waals surface area contributed by atoms with Gasteiger partial charge < -0.3 is 15.0 Å². The average molecular weight is 383 g/mol. The molecule has 0 aliphatic rings. The van der Waals surface area contributed by atoms with Crippen molar-refractivity contribution in [3.63, 3.8) is 0 Å². The number of hydrogen-bond acceptors (Lipinski definition) is 4. The van der Waals surface area contributed by atoms with Crippen molar-refractivity contribution >= 4 is 17.5 Å². The molecule has 2 aromatic rings. The normalized spacial score (nSPS) is 10.6. The lowest BCUT2D eigenvalue weighted by atomic mass is 10.1. The number of amides is 2. The summed E-state index contributed by atoms with van der Waals surface area (Å²) in [6, 6.07) is 17.3. The number of anilines is 1. The number of hydrogen-bond donors (Lipinski definition) is 1. The zero-order valence-corrected chi connectivity index (χ0v) is 16.9. The van der Waals surface area contributed by atoms with E-state index in [0.29, 0.717) is 18.0 Å². The van der Waals surface area contributed by atoms with Crippen molar-refractivity contribution in [3.8, 4) is 5.75 Å². The maximum Gasteiger partial charge on any atom is 0.243 e. The highest BCUT2D eigenvalue weighted by Gasteiger charge is 2.16. The van der Waals surface area contributed by atoms with E-state index in [1.54, 1.807) is 38.4 Å². The maximum atomic E-state index is 12.5. The summed E-state index contributed by atoms with van der Waals surface area (Å²) in [6.07, 6.45) is 0.891. The van der Waals surface area contributed by atoms with Crippen LogP contribution in [0.4, 0.5) is 5.69 Å². The minimum Gasteiger partial charge on any atom is -0.497 e. The molecule has 0 heterocycles. The first kappa shape index (κ1) is 21.4. The summed E-state index contributed by atoms with van der Waals surface area (Å²) >= 11 is 0. The molecule has 0 bridgehead atoms. The first-order chi connectivity index (χ1) is 13.5. The van der Waals surface area contributed by atoms with Crippen LogP contribution in [0.5, 0.6) is 5.75 Å². The van der Waals surface area contributed by atoms with Gasteiger partial charge in [0, 0.05) is 25.3 Å². The van der Waals surface area contributed by atoms with Crippen LogP contribution in [0.2, 0.25) is 0 Å². The number of benzene rings is 2. The Balaban J connectivity index is 1.80. The molecule has 1 N–H and O–H groups in total. The number of carbonyl (C=O) groups is 2. The van der Waals surface area contributed by atoms with E-state index in [0.717, 1.165) is 19.5 Å². The van der Waals surface area contributed by atoms with E-state index in [1.807, 2.05) is 25.1 Å². The molecule has 2 amide bonds. The first-order valence-corrected chi connectivity index (χ1v) is 9.46. The fraction of sp³-hybridized carbons (Fsp3) is 0.364. The second kappa shape index (κ2) is 11.1. The van der Waals surface area contributed by atoms with Crippen LogP contribution < -0.4 is 10.1 Å². The van der Waals surface area contributed by atoms with Crippen molar-refractivity contribution in [1.29, 1.82) is 0 Å². The number of carbonyl (C=O) groups excluding carboxylic acids is 2. The van der Waals surface area contributed by atoms with Crippen LogP contribution in [0.3, 0.4) is 0 Å². The molecular formula is C22H29N3O3. The molecule has 0 aromatic heterocycles. The van der Waals surface area contributed by atoms with E-state index in [2.05, 4.69) is 22.3 Å². The monoisotopic (exact) mass is 383 g/mol. The molecule has 0 aliphatic heterocycles. The van der Waals surface area contributed by atoms with Gasteiger partial charge in [-0.3, -0.25) is 14.5 Å². The van der Waals surface area contributed by atoms with Crippen LogP contribution in [0, 0.1) is 0 Å². The summed E-state index contributed by atoms with van der Waals surface area (Å²) in [6.45, 7) is 3.92. The second-order valence-electron chi connectivity index (χ2n) is 6.63. The Morgan fingerprint density at radius 3 is 2.46 bits per heavy atom. The van der Waals surface area contributed by atoms with Gasteiger partial charge in [0.25, 0.3) is 0 Å². The smallest absolute Gasteiger partial charge is 0.243 e. The van der Waals surface area contributed by atoms with E-state index in [1.165, 1.54) is 10.5 Å². The Morgan fingerprint density at radius 2 is 1.79 bits per heavy atom. The summed E-state index contributed by atoms with van der Waals surface area (Å²) in [7, 11) is 3.23. The first-order valence-electron chi connectivity index (χ1n) is 9.46. The molecule has 0 fully saturated rings. The molecule has 0 saturated heterocycles. The Kier molecular flexibility index (Phi) is 8.49. The summed E-state index contributed by atoms with van der Waals surface area (Å²) in [5.41, 5.74) is 1.89. The van der Waals surface area contributed by atoms with Crippen LogP contribution in [-0.4, -0.2) is 62.0 Å². The molecule has 28 heavy (non-hydrogen) atoms. The van der Waals surface area contributed by atoms with Crippen LogP contribution in [0.15, 0.2) is 54.6 Å². The van der Waals surface area contributed by atoms with Gasteiger partial charge in [-0.05, 0) is 30.7 Å². The molecule has 0 saturated carbocycles. The topological polar surface area (TPSA) is 61.9 Å². The molecular weight excluding hydrogens is 354 g/mol. The number of methoxy groups -OCH3 is 1. The third-order valence-electron chi connectivity index (χ3n) is 4.53. The van der Waals surface area contributed by atoms with Crippen LogP contribution in [0.25, 0.3) is 0 Å². The minimum absolute atomic E-state index is 0.00623. The molecule has 0 spiro atoms. The van der Waals surface area contributed by atoms with Crippen LogP contribution >= 0.6 is 0 Å². The molecule has 0 radical (unpaired) electrons. The van der Waals surface area contributed by atoms with Gasteiger partial charge in [-0.1, -0.05) is 43.3 Å². The fourth-order valence-electron chi connectivity index (χ4n) is 2.80. The fourth-order valence-corrected chi connectivity index (χ4v) is 2.80. The lowest BCUT2D eigenvalue weighted by Crippen LogP contribution is -2.42. The quantitative estimate of drug-likeness (QED) is 0.685. The second-order valence-corrected chi connectivity index (χ2v) is 6.63. The Bertz CT molecular complexity index is 765. The van der Waals surface area contributed by atoms with E-state index in [9.17, 15) is 9.59 Å². The van der Waals surface area contributed by atoms with Gasteiger partial charge in [0.1, 0.15) is 5.75 Å². The minimum atomic E-state index is -0.239. The Hall–Kier alpha value is -2.86. The van der Waals surface area contributed by atoms with E-state index >= 15 is 0 Å². The molecule has 0 atom stereocenters. The van der Waals surface area contributed by atoms with Crippen molar-refractivity contribution in [2.75, 3.05) is 45.7 Å². The molecule has 2 aromatic carbocycles. The zero-order chi connectivity index (χ0) is 20.4. The lowest BCUT2D eigenvalue weighted by molar-refractivity contribution is -0.134. The predicted octanol–water partition coefficient (Wildman–Crippen LogP) is 2.66. The number of nitrogens with zero attached hydrogens (tertiary/aromatic N) is 2. The molecule has 2 rings (SSSR count). The summed E-state index contributed by atoms with van der Waals surface area (Å²) in [5.74, 6) is 0.353. The van der Waals surface area contributed by atoms with Gasteiger partial charge in [0.2, 0.25) is 11.8 Å². The summed E-state index contributed by atoms with van der Waals surface area (Å²) in [4.78, 5) is 28.3. The van der Waals surface area contributed by atoms with Gasteiger partial charge in [-0.15, -0.1) is 0 Å². The highest BCUT2D eigenvalue weighted by Crippen LogP contribution is 2.16. The molecule has 0 unspecified atom stereocenters. The standard InChI is InChI=1S/C22H29N3O3/c1-4-25(14-13-18-9-6-5-7-10-18)17-22(27)24(2)16-21(26)23-19-11-8-12-20(15-19)28-3/h5-12,15H,4,13-14,16-17H2,1-3H3,(H,23,26). The predicted molar refractivity (Wildman–Crippen MR) is 112 cm³/mol. The van der Waals surface area contributed by atoms with E-state index in [4.69, 9.17) is 4.74 Å². The molecule has 0 aliphatic carbocycles. The van der Waals surface area contributed by atoms with Crippen molar-refractivity contribution < 1.29 is 14.3 Å². The molecule has 150 valence electrons. The lowest BCUT2D eigenvalue weighted by Gasteiger charge is -2.23.